The lowest BCUT2D eigenvalue weighted by Gasteiger charge is -2.21. The van der Waals surface area contributed by atoms with Gasteiger partial charge in [0.25, 0.3) is 0 Å². The topological polar surface area (TPSA) is 97.0 Å². The lowest BCUT2D eigenvalue weighted by molar-refractivity contribution is 0.0601. The van der Waals surface area contributed by atoms with Gasteiger partial charge in [0.1, 0.15) is 0 Å². The third-order valence-electron chi connectivity index (χ3n) is 5.99. The Balaban J connectivity index is 1.71. The molecule has 5 rings (SSSR count). The smallest absolute Gasteiger partial charge is 0.340 e. The van der Waals surface area contributed by atoms with Crippen molar-refractivity contribution in [2.24, 2.45) is 4.99 Å². The number of amides is 2. The minimum absolute atomic E-state index is 0.0127. The van der Waals surface area contributed by atoms with Gasteiger partial charge in [0.05, 0.1) is 35.0 Å². The predicted octanol–water partition coefficient (Wildman–Crippen LogP) is 6.83. The van der Waals surface area contributed by atoms with Crippen LogP contribution in [0.3, 0.4) is 0 Å². The van der Waals surface area contributed by atoms with Crippen molar-refractivity contribution in [1.82, 2.24) is 4.98 Å². The fourth-order valence-corrected chi connectivity index (χ4v) is 4.14. The van der Waals surface area contributed by atoms with Gasteiger partial charge in [0.15, 0.2) is 0 Å². The van der Waals surface area contributed by atoms with E-state index < -0.39 is 12.0 Å². The maximum atomic E-state index is 13.7. The highest BCUT2D eigenvalue weighted by Gasteiger charge is 2.24. The Bertz CT molecular complexity index is 1760. The Morgan fingerprint density at radius 1 is 0.872 bits per heavy atom. The Hall–Kier alpha value is -5.24. The molecular formula is C31H26N4O4. The van der Waals surface area contributed by atoms with E-state index in [0.717, 1.165) is 11.1 Å². The lowest BCUT2D eigenvalue weighted by atomic mass is 10.2. The summed E-state index contributed by atoms with van der Waals surface area (Å²) in [5, 5.41) is 3.56. The second-order valence-electron chi connectivity index (χ2n) is 8.91. The molecule has 0 radical (unpaired) electrons. The number of methoxy groups -OCH3 is 1. The van der Waals surface area contributed by atoms with Crippen LogP contribution in [0.2, 0.25) is 0 Å². The van der Waals surface area contributed by atoms with E-state index in [1.165, 1.54) is 12.0 Å². The molecule has 0 aliphatic carbocycles. The van der Waals surface area contributed by atoms with Crippen molar-refractivity contribution in [3.05, 3.63) is 119 Å². The number of nitrogens with zero attached hydrogens (tertiary/aromatic N) is 3. The van der Waals surface area contributed by atoms with E-state index in [1.54, 1.807) is 30.3 Å². The number of anilines is 3. The summed E-state index contributed by atoms with van der Waals surface area (Å²) in [4.78, 5) is 36.9. The molecule has 0 aliphatic heterocycles. The van der Waals surface area contributed by atoms with E-state index in [-0.39, 0.29) is 17.1 Å². The molecule has 2 amide bonds. The molecule has 1 N–H and O–H groups in total. The van der Waals surface area contributed by atoms with E-state index in [9.17, 15) is 9.59 Å². The maximum Gasteiger partial charge on any atom is 0.340 e. The van der Waals surface area contributed by atoms with Crippen molar-refractivity contribution in [3.8, 4) is 0 Å². The number of rotatable bonds is 5. The number of para-hydroxylation sites is 2. The maximum absolute atomic E-state index is 13.7. The average molecular weight is 519 g/mol. The summed E-state index contributed by atoms with van der Waals surface area (Å²) in [6, 6.07) is 28.7. The summed E-state index contributed by atoms with van der Waals surface area (Å²) in [5.74, 6) is -0.521. The van der Waals surface area contributed by atoms with Gasteiger partial charge >= 0.3 is 18.0 Å². The zero-order valence-corrected chi connectivity index (χ0v) is 21.7. The molecule has 0 saturated carbocycles. The molecule has 194 valence electrons. The van der Waals surface area contributed by atoms with Crippen LogP contribution >= 0.6 is 0 Å². The number of carbonyl (C=O) groups excluding carboxylic acids is 2. The van der Waals surface area contributed by atoms with E-state index >= 15 is 0 Å². The number of esters is 1. The molecule has 4 aromatic carbocycles. The summed E-state index contributed by atoms with van der Waals surface area (Å²) >= 11 is 0. The first-order valence-electron chi connectivity index (χ1n) is 12.3. The quantitative estimate of drug-likeness (QED) is 0.257. The average Bonchev–Trinajstić information content (AvgIpc) is 2.93. The van der Waals surface area contributed by atoms with Crippen LogP contribution < -0.4 is 15.8 Å². The summed E-state index contributed by atoms with van der Waals surface area (Å²) < 4.78 is 11.2. The van der Waals surface area contributed by atoms with Crippen molar-refractivity contribution >= 4 is 46.0 Å². The highest BCUT2D eigenvalue weighted by atomic mass is 16.5. The minimum atomic E-state index is -0.521. The number of urea groups is 1. The molecule has 0 fully saturated rings. The summed E-state index contributed by atoms with van der Waals surface area (Å²) in [6.07, 6.45) is 0. The van der Waals surface area contributed by atoms with E-state index in [1.807, 2.05) is 80.6 Å². The van der Waals surface area contributed by atoms with E-state index in [2.05, 4.69) is 15.3 Å². The van der Waals surface area contributed by atoms with Crippen molar-refractivity contribution in [3.63, 3.8) is 0 Å². The number of aryl methyl sites for hydroxylation is 2. The second-order valence-corrected chi connectivity index (χ2v) is 8.91. The third-order valence-corrected chi connectivity index (χ3v) is 5.99. The van der Waals surface area contributed by atoms with Gasteiger partial charge in [-0.15, -0.1) is 0 Å². The first-order chi connectivity index (χ1) is 18.9. The van der Waals surface area contributed by atoms with Gasteiger partial charge in [0, 0.05) is 5.69 Å². The monoisotopic (exact) mass is 518 g/mol. The molecular weight excluding hydrogens is 492 g/mol. The van der Waals surface area contributed by atoms with Crippen LogP contribution in [-0.2, 0) is 4.74 Å². The second kappa shape index (κ2) is 11.0. The first kappa shape index (κ1) is 25.4. The SMILES string of the molecule is COC(=O)c1ccccc1N=c1oc(N(C(=O)Nc2cccc(C)c2)c2cccc(C)c2)nc2ccccc12. The Labute approximate surface area is 225 Å². The van der Waals surface area contributed by atoms with Gasteiger partial charge < -0.3 is 14.5 Å². The zero-order chi connectivity index (χ0) is 27.4. The number of aromatic nitrogens is 1. The fourth-order valence-electron chi connectivity index (χ4n) is 4.14. The molecule has 1 heterocycles. The molecule has 0 bridgehead atoms. The van der Waals surface area contributed by atoms with Crippen LogP contribution in [0.25, 0.3) is 10.9 Å². The molecule has 8 heteroatoms. The van der Waals surface area contributed by atoms with Crippen LogP contribution in [0.4, 0.5) is 27.9 Å². The molecule has 0 spiro atoms. The number of carbonyl (C=O) groups is 2. The number of ether oxygens (including phenoxy) is 1. The molecule has 39 heavy (non-hydrogen) atoms. The molecule has 0 saturated heterocycles. The van der Waals surface area contributed by atoms with Crippen molar-refractivity contribution < 1.29 is 18.7 Å². The van der Waals surface area contributed by atoms with Crippen LogP contribution in [0.15, 0.2) is 106 Å². The molecule has 0 atom stereocenters. The van der Waals surface area contributed by atoms with E-state index in [0.29, 0.717) is 28.0 Å². The third kappa shape index (κ3) is 5.55. The summed E-state index contributed by atoms with van der Waals surface area (Å²) in [5.41, 5.74) is 4.56. The van der Waals surface area contributed by atoms with Gasteiger partial charge in [-0.1, -0.05) is 48.5 Å². The molecule has 0 aliphatic rings. The van der Waals surface area contributed by atoms with Gasteiger partial charge in [-0.3, -0.25) is 0 Å². The Kier molecular flexibility index (Phi) is 7.18. The minimum Gasteiger partial charge on any atom is -0.465 e. The standard InChI is InChI=1S/C31H26N4O4/c1-20-10-8-12-22(18-20)32-30(37)35(23-13-9-11-21(2)19-23)31-34-26-16-6-4-14-24(26)28(39-31)33-27-17-7-5-15-25(27)29(36)38-3/h4-19H,1-3H3,(H,32,37). The molecule has 8 nitrogen and oxygen atoms in total. The lowest BCUT2D eigenvalue weighted by Crippen LogP contribution is -2.32. The van der Waals surface area contributed by atoms with Crippen molar-refractivity contribution in [2.75, 3.05) is 17.3 Å². The zero-order valence-electron chi connectivity index (χ0n) is 21.7. The van der Waals surface area contributed by atoms with Crippen LogP contribution in [0.1, 0.15) is 21.5 Å². The molecule has 1 aromatic heterocycles. The summed E-state index contributed by atoms with van der Waals surface area (Å²) in [6.45, 7) is 3.89. The number of hydrogen-bond acceptors (Lipinski definition) is 6. The van der Waals surface area contributed by atoms with Gasteiger partial charge in [-0.05, 0) is 73.5 Å². The predicted molar refractivity (Wildman–Crippen MR) is 151 cm³/mol. The summed E-state index contributed by atoms with van der Waals surface area (Å²) in [7, 11) is 1.32. The molecule has 5 aromatic rings. The highest BCUT2D eigenvalue weighted by molar-refractivity contribution is 6.06. The van der Waals surface area contributed by atoms with Gasteiger partial charge in [-0.2, -0.15) is 4.98 Å². The number of nitrogens with one attached hydrogen (secondary N) is 1. The fraction of sp³-hybridized carbons (Fsp3) is 0.0968. The van der Waals surface area contributed by atoms with Crippen LogP contribution in [0.5, 0.6) is 0 Å². The number of hydrogen-bond donors (Lipinski definition) is 1. The number of fused-ring (bicyclic) bond motifs is 1. The Morgan fingerprint density at radius 3 is 2.36 bits per heavy atom. The molecule has 0 unspecified atom stereocenters. The largest absolute Gasteiger partial charge is 0.465 e. The Morgan fingerprint density at radius 2 is 1.59 bits per heavy atom. The van der Waals surface area contributed by atoms with Gasteiger partial charge in [-0.25, -0.2) is 19.5 Å². The van der Waals surface area contributed by atoms with Crippen LogP contribution in [0, 0.1) is 13.8 Å². The van der Waals surface area contributed by atoms with Crippen molar-refractivity contribution in [1.29, 1.82) is 0 Å². The van der Waals surface area contributed by atoms with Crippen molar-refractivity contribution in [2.45, 2.75) is 13.8 Å². The normalized spacial score (nSPS) is 11.3. The van der Waals surface area contributed by atoms with E-state index in [4.69, 9.17) is 9.15 Å². The van der Waals surface area contributed by atoms with Gasteiger partial charge in [0.2, 0.25) is 5.55 Å². The number of benzene rings is 4. The van der Waals surface area contributed by atoms with Crippen LogP contribution in [-0.4, -0.2) is 24.1 Å². The highest BCUT2D eigenvalue weighted by Crippen LogP contribution is 2.27. The first-order valence-corrected chi connectivity index (χ1v) is 12.3.